The minimum Gasteiger partial charge on any atom is -0.316 e. The molecule has 0 bridgehead atoms. The van der Waals surface area contributed by atoms with Crippen molar-refractivity contribution in [2.75, 3.05) is 13.1 Å². The molecular formula is C13H17N5. The maximum Gasteiger partial charge on any atom is 0.0916 e. The summed E-state index contributed by atoms with van der Waals surface area (Å²) in [6.07, 6.45) is 9.75. The van der Waals surface area contributed by atoms with Crippen molar-refractivity contribution in [2.24, 2.45) is 13.0 Å². The van der Waals surface area contributed by atoms with Gasteiger partial charge in [-0.15, -0.1) is 0 Å². The van der Waals surface area contributed by atoms with Crippen LogP contribution in [-0.4, -0.2) is 32.8 Å². The van der Waals surface area contributed by atoms with Gasteiger partial charge in [-0.3, -0.25) is 14.6 Å². The number of hydrogen-bond acceptors (Lipinski definition) is 4. The van der Waals surface area contributed by atoms with E-state index in [0.717, 1.165) is 36.5 Å². The van der Waals surface area contributed by atoms with Crippen LogP contribution in [0.1, 0.15) is 12.1 Å². The first-order valence-corrected chi connectivity index (χ1v) is 6.32. The smallest absolute Gasteiger partial charge is 0.0916 e. The first-order valence-electron chi connectivity index (χ1n) is 6.32. The fourth-order valence-electron chi connectivity index (χ4n) is 2.35. The molecule has 1 fully saturated rings. The Morgan fingerprint density at radius 2 is 2.28 bits per heavy atom. The molecule has 2 aromatic heterocycles. The van der Waals surface area contributed by atoms with E-state index in [1.54, 1.807) is 4.68 Å². The molecule has 1 atom stereocenters. The monoisotopic (exact) mass is 243 g/mol. The number of nitrogens with one attached hydrogen (secondary N) is 1. The molecule has 5 nitrogen and oxygen atoms in total. The highest BCUT2D eigenvalue weighted by Crippen LogP contribution is 2.16. The molecular weight excluding hydrogens is 226 g/mol. The lowest BCUT2D eigenvalue weighted by Crippen LogP contribution is -2.11. The van der Waals surface area contributed by atoms with Gasteiger partial charge < -0.3 is 5.32 Å². The summed E-state index contributed by atoms with van der Waals surface area (Å²) in [5, 5.41) is 7.51. The van der Waals surface area contributed by atoms with Crippen LogP contribution < -0.4 is 5.32 Å². The van der Waals surface area contributed by atoms with Gasteiger partial charge in [0.2, 0.25) is 0 Å². The van der Waals surface area contributed by atoms with Crippen molar-refractivity contribution in [3.8, 4) is 11.3 Å². The van der Waals surface area contributed by atoms with Gasteiger partial charge in [0.25, 0.3) is 0 Å². The van der Waals surface area contributed by atoms with Gasteiger partial charge in [0.05, 0.1) is 23.8 Å². The van der Waals surface area contributed by atoms with Gasteiger partial charge in [-0.25, -0.2) is 0 Å². The van der Waals surface area contributed by atoms with Crippen LogP contribution in [0.5, 0.6) is 0 Å². The molecule has 1 aliphatic rings. The highest BCUT2D eigenvalue weighted by atomic mass is 15.2. The fraction of sp³-hybridized carbons (Fsp3) is 0.462. The Hall–Kier alpha value is -1.75. The second-order valence-corrected chi connectivity index (χ2v) is 4.86. The molecule has 0 amide bonds. The van der Waals surface area contributed by atoms with Crippen LogP contribution in [0.2, 0.25) is 0 Å². The van der Waals surface area contributed by atoms with Crippen molar-refractivity contribution >= 4 is 0 Å². The van der Waals surface area contributed by atoms with Gasteiger partial charge in [-0.2, -0.15) is 5.10 Å². The van der Waals surface area contributed by atoms with Crippen LogP contribution in [0, 0.1) is 5.92 Å². The molecule has 1 saturated heterocycles. The third kappa shape index (κ3) is 2.41. The van der Waals surface area contributed by atoms with Crippen molar-refractivity contribution in [1.82, 2.24) is 25.1 Å². The molecule has 3 rings (SSSR count). The number of hydrogen-bond donors (Lipinski definition) is 1. The van der Waals surface area contributed by atoms with E-state index >= 15 is 0 Å². The molecule has 1 aliphatic heterocycles. The number of aryl methyl sites for hydroxylation is 1. The first kappa shape index (κ1) is 11.3. The maximum absolute atomic E-state index is 4.50. The Bertz CT molecular complexity index is 510. The lowest BCUT2D eigenvalue weighted by atomic mass is 10.0. The number of nitrogens with zero attached hydrogens (tertiary/aromatic N) is 4. The summed E-state index contributed by atoms with van der Waals surface area (Å²) in [5.41, 5.74) is 2.98. The van der Waals surface area contributed by atoms with E-state index in [-0.39, 0.29) is 0 Å². The van der Waals surface area contributed by atoms with E-state index in [1.165, 1.54) is 6.42 Å². The highest BCUT2D eigenvalue weighted by molar-refractivity contribution is 5.55. The fourth-order valence-corrected chi connectivity index (χ4v) is 2.35. The normalized spacial score (nSPS) is 19.3. The number of aromatic nitrogens is 4. The Morgan fingerprint density at radius 3 is 2.89 bits per heavy atom. The molecule has 18 heavy (non-hydrogen) atoms. The number of rotatable bonds is 3. The average Bonchev–Trinajstić information content (AvgIpc) is 3.02. The molecule has 2 aromatic rings. The van der Waals surface area contributed by atoms with Crippen LogP contribution >= 0.6 is 0 Å². The predicted octanol–water partition coefficient (Wildman–Crippen LogP) is 1.03. The van der Waals surface area contributed by atoms with Gasteiger partial charge >= 0.3 is 0 Å². The lowest BCUT2D eigenvalue weighted by molar-refractivity contribution is 0.570. The van der Waals surface area contributed by atoms with E-state index in [0.29, 0.717) is 5.92 Å². The zero-order chi connectivity index (χ0) is 12.4. The molecule has 0 spiro atoms. The van der Waals surface area contributed by atoms with Crippen LogP contribution in [-0.2, 0) is 13.5 Å². The van der Waals surface area contributed by atoms with Gasteiger partial charge in [-0.05, 0) is 31.8 Å². The SMILES string of the molecule is Cn1cc(-c2cnc(C[C@@H]3CCNC3)cn2)cn1. The van der Waals surface area contributed by atoms with Gasteiger partial charge in [0, 0.05) is 25.0 Å². The first-order chi connectivity index (χ1) is 8.81. The van der Waals surface area contributed by atoms with Crippen molar-refractivity contribution in [3.63, 3.8) is 0 Å². The van der Waals surface area contributed by atoms with E-state index in [4.69, 9.17) is 0 Å². The van der Waals surface area contributed by atoms with E-state index < -0.39 is 0 Å². The third-order valence-corrected chi connectivity index (χ3v) is 3.37. The molecule has 0 aliphatic carbocycles. The average molecular weight is 243 g/mol. The Morgan fingerprint density at radius 1 is 1.33 bits per heavy atom. The molecule has 1 N–H and O–H groups in total. The summed E-state index contributed by atoms with van der Waals surface area (Å²) in [6.45, 7) is 2.23. The summed E-state index contributed by atoms with van der Waals surface area (Å²) >= 11 is 0. The second-order valence-electron chi connectivity index (χ2n) is 4.86. The zero-order valence-electron chi connectivity index (χ0n) is 10.5. The van der Waals surface area contributed by atoms with Crippen LogP contribution in [0.4, 0.5) is 0 Å². The Balaban J connectivity index is 1.72. The quantitative estimate of drug-likeness (QED) is 0.874. The van der Waals surface area contributed by atoms with Crippen molar-refractivity contribution in [1.29, 1.82) is 0 Å². The van der Waals surface area contributed by atoms with Gasteiger partial charge in [0.1, 0.15) is 0 Å². The summed E-state index contributed by atoms with van der Waals surface area (Å²) in [6, 6.07) is 0. The van der Waals surface area contributed by atoms with Gasteiger partial charge in [-0.1, -0.05) is 0 Å². The van der Waals surface area contributed by atoms with Crippen LogP contribution in [0.25, 0.3) is 11.3 Å². The topological polar surface area (TPSA) is 55.6 Å². The minimum absolute atomic E-state index is 0.712. The van der Waals surface area contributed by atoms with Crippen molar-refractivity contribution < 1.29 is 0 Å². The minimum atomic E-state index is 0.712. The third-order valence-electron chi connectivity index (χ3n) is 3.37. The van der Waals surface area contributed by atoms with Gasteiger partial charge in [0.15, 0.2) is 0 Å². The predicted molar refractivity (Wildman–Crippen MR) is 68.9 cm³/mol. The molecule has 94 valence electrons. The summed E-state index contributed by atoms with van der Waals surface area (Å²) in [7, 11) is 1.90. The lowest BCUT2D eigenvalue weighted by Gasteiger charge is -2.07. The molecule has 5 heteroatoms. The van der Waals surface area contributed by atoms with E-state index in [1.807, 2.05) is 31.8 Å². The standard InChI is InChI=1S/C13H17N5/c1-18-9-11(6-17-18)13-8-15-12(7-16-13)4-10-2-3-14-5-10/h6-10,14H,2-5H2,1H3/t10-/m0/s1. The van der Waals surface area contributed by atoms with E-state index in [9.17, 15) is 0 Å². The summed E-state index contributed by atoms with van der Waals surface area (Å²) in [4.78, 5) is 8.97. The molecule has 3 heterocycles. The Labute approximate surface area is 106 Å². The molecule has 0 aromatic carbocycles. The summed E-state index contributed by atoms with van der Waals surface area (Å²) in [5.74, 6) is 0.712. The zero-order valence-corrected chi connectivity index (χ0v) is 10.5. The largest absolute Gasteiger partial charge is 0.316 e. The second kappa shape index (κ2) is 4.86. The van der Waals surface area contributed by atoms with Crippen LogP contribution in [0.3, 0.4) is 0 Å². The summed E-state index contributed by atoms with van der Waals surface area (Å²) < 4.78 is 1.77. The molecule has 0 radical (unpaired) electrons. The van der Waals surface area contributed by atoms with Crippen LogP contribution in [0.15, 0.2) is 24.8 Å². The molecule has 0 saturated carbocycles. The van der Waals surface area contributed by atoms with E-state index in [2.05, 4.69) is 20.4 Å². The Kier molecular flexibility index (Phi) is 3.06. The highest BCUT2D eigenvalue weighted by Gasteiger charge is 2.15. The van der Waals surface area contributed by atoms with Crippen molar-refractivity contribution in [3.05, 3.63) is 30.5 Å². The van der Waals surface area contributed by atoms with Crippen molar-refractivity contribution in [2.45, 2.75) is 12.8 Å². The molecule has 0 unspecified atom stereocenters. The maximum atomic E-state index is 4.50.